The van der Waals surface area contributed by atoms with Gasteiger partial charge in [0, 0.05) is 34.2 Å². The molecule has 22 heavy (non-hydrogen) atoms. The van der Waals surface area contributed by atoms with Gasteiger partial charge in [-0.05, 0) is 58.0 Å². The number of rotatable bonds is 4. The van der Waals surface area contributed by atoms with Crippen LogP contribution in [-0.2, 0) is 0 Å². The molecule has 2 rings (SSSR count). The van der Waals surface area contributed by atoms with Gasteiger partial charge >= 0.3 is 0 Å². The van der Waals surface area contributed by atoms with Crippen LogP contribution in [0.25, 0.3) is 0 Å². The minimum Gasteiger partial charge on any atom is -0.399 e. The second kappa shape index (κ2) is 6.47. The number of nitrogens with two attached hydrogens (primary N) is 1. The van der Waals surface area contributed by atoms with Crippen molar-refractivity contribution in [2.24, 2.45) is 5.10 Å². The summed E-state index contributed by atoms with van der Waals surface area (Å²) in [6.45, 7) is 8.40. The molecule has 1 heterocycles. The summed E-state index contributed by atoms with van der Waals surface area (Å²) in [6, 6.07) is 9.18. The summed E-state index contributed by atoms with van der Waals surface area (Å²) in [5.41, 5.74) is 12.6. The van der Waals surface area contributed by atoms with E-state index in [4.69, 9.17) is 5.73 Å². The number of amides is 1. The first-order chi connectivity index (χ1) is 10.4. The van der Waals surface area contributed by atoms with Crippen LogP contribution >= 0.6 is 0 Å². The highest BCUT2D eigenvalue weighted by Gasteiger charge is 2.10. The van der Waals surface area contributed by atoms with Crippen molar-refractivity contribution in [1.29, 1.82) is 0 Å². The summed E-state index contributed by atoms with van der Waals surface area (Å²) in [5, 5.41) is 4.05. The van der Waals surface area contributed by atoms with Crippen molar-refractivity contribution < 1.29 is 4.79 Å². The molecule has 5 heteroatoms. The molecule has 2 aromatic rings. The Morgan fingerprint density at radius 1 is 1.27 bits per heavy atom. The van der Waals surface area contributed by atoms with Crippen LogP contribution in [-0.4, -0.2) is 16.7 Å². The van der Waals surface area contributed by atoms with E-state index in [0.717, 1.165) is 11.3 Å². The smallest absolute Gasteiger partial charge is 0.271 e. The fourth-order valence-electron chi connectivity index (χ4n) is 2.59. The lowest BCUT2D eigenvalue weighted by Gasteiger charge is -2.13. The number of nitrogens with one attached hydrogen (secondary N) is 1. The van der Waals surface area contributed by atoms with Crippen LogP contribution in [0.1, 0.15) is 47.2 Å². The third kappa shape index (κ3) is 3.36. The van der Waals surface area contributed by atoms with E-state index in [2.05, 4.69) is 48.9 Å². The third-order valence-electron chi connectivity index (χ3n) is 3.58. The van der Waals surface area contributed by atoms with Gasteiger partial charge < -0.3 is 10.3 Å². The summed E-state index contributed by atoms with van der Waals surface area (Å²) in [4.78, 5) is 11.9. The Kier molecular flexibility index (Phi) is 4.65. The number of hydrazone groups is 1. The highest BCUT2D eigenvalue weighted by molar-refractivity contribution is 5.95. The Morgan fingerprint density at radius 2 is 1.91 bits per heavy atom. The topological polar surface area (TPSA) is 72.4 Å². The minimum atomic E-state index is -0.256. The van der Waals surface area contributed by atoms with Crippen molar-refractivity contribution in [3.05, 3.63) is 52.8 Å². The van der Waals surface area contributed by atoms with E-state index in [-0.39, 0.29) is 5.91 Å². The molecule has 0 aliphatic rings. The number of hydrogen-bond donors (Lipinski definition) is 2. The van der Waals surface area contributed by atoms with Crippen LogP contribution in [0.5, 0.6) is 0 Å². The van der Waals surface area contributed by atoms with Crippen molar-refractivity contribution in [1.82, 2.24) is 9.99 Å². The number of carbonyl (C=O) groups excluding carboxylic acids is 1. The Hall–Kier alpha value is -2.56. The molecule has 0 atom stereocenters. The molecule has 0 saturated carbocycles. The molecule has 0 saturated heterocycles. The molecule has 0 bridgehead atoms. The standard InChI is InChI=1S/C17H22N4O/c1-11(2)21-12(3)9-15(13(21)4)10-19-20-17(22)14-5-7-16(18)8-6-14/h5-11H,18H2,1-4H3,(H,20,22)/b19-10-. The molecular formula is C17H22N4O. The Labute approximate surface area is 130 Å². The lowest BCUT2D eigenvalue weighted by molar-refractivity contribution is 0.0955. The molecule has 0 aliphatic heterocycles. The first-order valence-electron chi connectivity index (χ1n) is 7.27. The van der Waals surface area contributed by atoms with E-state index in [0.29, 0.717) is 17.3 Å². The molecule has 0 unspecified atom stereocenters. The number of aromatic nitrogens is 1. The lowest BCUT2D eigenvalue weighted by Crippen LogP contribution is -2.17. The van der Waals surface area contributed by atoms with E-state index in [1.165, 1.54) is 5.69 Å². The van der Waals surface area contributed by atoms with Gasteiger partial charge in [-0.25, -0.2) is 5.43 Å². The van der Waals surface area contributed by atoms with Gasteiger partial charge in [0.1, 0.15) is 0 Å². The van der Waals surface area contributed by atoms with Crippen molar-refractivity contribution in [3.63, 3.8) is 0 Å². The fraction of sp³-hybridized carbons (Fsp3) is 0.294. The van der Waals surface area contributed by atoms with Crippen molar-refractivity contribution in [3.8, 4) is 0 Å². The van der Waals surface area contributed by atoms with Gasteiger partial charge in [-0.15, -0.1) is 0 Å². The molecule has 0 spiro atoms. The van der Waals surface area contributed by atoms with Crippen LogP contribution in [0.3, 0.4) is 0 Å². The van der Waals surface area contributed by atoms with Gasteiger partial charge in [0.2, 0.25) is 0 Å². The predicted molar refractivity (Wildman–Crippen MR) is 90.2 cm³/mol. The molecule has 3 N–H and O–H groups in total. The fourth-order valence-corrected chi connectivity index (χ4v) is 2.59. The number of carbonyl (C=O) groups is 1. The van der Waals surface area contributed by atoms with Gasteiger partial charge in [-0.2, -0.15) is 5.10 Å². The zero-order chi connectivity index (χ0) is 16.3. The Balaban J connectivity index is 2.08. The SMILES string of the molecule is Cc1cc(/C=N\NC(=O)c2ccc(N)cc2)c(C)n1C(C)C. The molecule has 0 radical (unpaired) electrons. The van der Waals surface area contributed by atoms with Gasteiger partial charge in [0.05, 0.1) is 6.21 Å². The van der Waals surface area contributed by atoms with E-state index in [1.807, 2.05) is 0 Å². The lowest BCUT2D eigenvalue weighted by atomic mass is 10.2. The maximum atomic E-state index is 11.9. The molecule has 116 valence electrons. The summed E-state index contributed by atoms with van der Waals surface area (Å²) < 4.78 is 2.24. The average molecular weight is 298 g/mol. The maximum absolute atomic E-state index is 11.9. The second-order valence-corrected chi connectivity index (χ2v) is 5.61. The summed E-state index contributed by atoms with van der Waals surface area (Å²) in [7, 11) is 0. The quantitative estimate of drug-likeness (QED) is 0.517. The van der Waals surface area contributed by atoms with Gasteiger partial charge in [0.25, 0.3) is 5.91 Å². The van der Waals surface area contributed by atoms with Gasteiger partial charge in [-0.3, -0.25) is 4.79 Å². The van der Waals surface area contributed by atoms with Crippen LogP contribution < -0.4 is 11.2 Å². The highest BCUT2D eigenvalue weighted by atomic mass is 16.2. The molecular weight excluding hydrogens is 276 g/mol. The summed E-state index contributed by atoms with van der Waals surface area (Å²) >= 11 is 0. The Morgan fingerprint density at radius 3 is 2.45 bits per heavy atom. The van der Waals surface area contributed by atoms with Crippen LogP contribution in [0.15, 0.2) is 35.4 Å². The van der Waals surface area contributed by atoms with E-state index < -0.39 is 0 Å². The van der Waals surface area contributed by atoms with Crippen molar-refractivity contribution in [2.75, 3.05) is 5.73 Å². The molecule has 1 aromatic heterocycles. The largest absolute Gasteiger partial charge is 0.399 e. The number of benzene rings is 1. The summed E-state index contributed by atoms with van der Waals surface area (Å²) in [6.07, 6.45) is 1.68. The first kappa shape index (κ1) is 15.8. The third-order valence-corrected chi connectivity index (χ3v) is 3.58. The van der Waals surface area contributed by atoms with E-state index >= 15 is 0 Å². The molecule has 0 aliphatic carbocycles. The maximum Gasteiger partial charge on any atom is 0.271 e. The highest BCUT2D eigenvalue weighted by Crippen LogP contribution is 2.18. The second-order valence-electron chi connectivity index (χ2n) is 5.61. The summed E-state index contributed by atoms with van der Waals surface area (Å²) in [5.74, 6) is -0.256. The van der Waals surface area contributed by atoms with E-state index in [1.54, 1.807) is 30.5 Å². The van der Waals surface area contributed by atoms with E-state index in [9.17, 15) is 4.79 Å². The molecule has 0 fully saturated rings. The van der Waals surface area contributed by atoms with Crippen molar-refractivity contribution >= 4 is 17.8 Å². The number of nitrogen functional groups attached to an aromatic ring is 1. The zero-order valence-corrected chi connectivity index (χ0v) is 13.4. The number of aryl methyl sites for hydroxylation is 1. The number of hydrogen-bond acceptors (Lipinski definition) is 3. The number of nitrogens with zero attached hydrogens (tertiary/aromatic N) is 2. The Bertz CT molecular complexity index is 696. The normalized spacial score (nSPS) is 11.3. The minimum absolute atomic E-state index is 0.256. The van der Waals surface area contributed by atoms with Crippen LogP contribution in [0.2, 0.25) is 0 Å². The van der Waals surface area contributed by atoms with Crippen LogP contribution in [0, 0.1) is 13.8 Å². The predicted octanol–water partition coefficient (Wildman–Crippen LogP) is 3.03. The molecule has 1 aromatic carbocycles. The van der Waals surface area contributed by atoms with Crippen molar-refractivity contribution in [2.45, 2.75) is 33.7 Å². The van der Waals surface area contributed by atoms with Gasteiger partial charge in [0.15, 0.2) is 0 Å². The average Bonchev–Trinajstić information content (AvgIpc) is 2.74. The van der Waals surface area contributed by atoms with Crippen LogP contribution in [0.4, 0.5) is 5.69 Å². The first-order valence-corrected chi connectivity index (χ1v) is 7.27. The van der Waals surface area contributed by atoms with Gasteiger partial charge in [-0.1, -0.05) is 0 Å². The molecule has 1 amide bonds. The molecule has 5 nitrogen and oxygen atoms in total. The monoisotopic (exact) mass is 298 g/mol. The zero-order valence-electron chi connectivity index (χ0n) is 13.4. The number of anilines is 1.